The van der Waals surface area contributed by atoms with Gasteiger partial charge in [0.1, 0.15) is 23.3 Å². The van der Waals surface area contributed by atoms with Crippen LogP contribution in [-0.2, 0) is 0 Å². The van der Waals surface area contributed by atoms with Crippen LogP contribution in [0.1, 0.15) is 5.56 Å². The molecule has 0 unspecified atom stereocenters. The van der Waals surface area contributed by atoms with Gasteiger partial charge in [-0.3, -0.25) is 0 Å². The van der Waals surface area contributed by atoms with Crippen molar-refractivity contribution in [2.45, 2.75) is 6.92 Å². The van der Waals surface area contributed by atoms with Crippen molar-refractivity contribution >= 4 is 27.0 Å². The summed E-state index contributed by atoms with van der Waals surface area (Å²) in [6.07, 6.45) is 0. The summed E-state index contributed by atoms with van der Waals surface area (Å²) in [6, 6.07) is 4.88. The number of benzene rings is 2. The zero-order chi connectivity index (χ0) is 14.4. The Bertz CT molecular complexity index is 804. The van der Waals surface area contributed by atoms with Gasteiger partial charge in [0.2, 0.25) is 0 Å². The highest BCUT2D eigenvalue weighted by atomic mass is 79.9. The highest BCUT2D eigenvalue weighted by Gasteiger charge is 2.17. The minimum Gasteiger partial charge on any atom is -0.338 e. The Morgan fingerprint density at radius 2 is 1.70 bits per heavy atom. The number of halogens is 4. The quantitative estimate of drug-likeness (QED) is 0.682. The Hall–Kier alpha value is -1.82. The molecule has 2 aromatic carbocycles. The van der Waals surface area contributed by atoms with Gasteiger partial charge in [-0.05, 0) is 24.6 Å². The Morgan fingerprint density at radius 1 is 1.05 bits per heavy atom. The molecule has 1 aromatic heterocycles. The van der Waals surface area contributed by atoms with Gasteiger partial charge >= 0.3 is 0 Å². The van der Waals surface area contributed by atoms with E-state index in [-0.39, 0.29) is 11.4 Å². The molecule has 3 rings (SSSR count). The van der Waals surface area contributed by atoms with Crippen LogP contribution in [-0.4, -0.2) is 9.97 Å². The van der Waals surface area contributed by atoms with E-state index >= 15 is 0 Å². The van der Waals surface area contributed by atoms with Gasteiger partial charge in [0.25, 0.3) is 0 Å². The van der Waals surface area contributed by atoms with Gasteiger partial charge in [0.05, 0.1) is 16.6 Å². The molecule has 0 atom stereocenters. The van der Waals surface area contributed by atoms with Crippen molar-refractivity contribution in [1.29, 1.82) is 0 Å². The predicted molar refractivity (Wildman–Crippen MR) is 73.8 cm³/mol. The maximum Gasteiger partial charge on any atom is 0.144 e. The molecule has 6 heteroatoms. The van der Waals surface area contributed by atoms with Crippen molar-refractivity contribution in [3.8, 4) is 11.4 Å². The number of aryl methyl sites for hydroxylation is 1. The summed E-state index contributed by atoms with van der Waals surface area (Å²) >= 11 is 3.34. The first-order chi connectivity index (χ1) is 9.45. The summed E-state index contributed by atoms with van der Waals surface area (Å²) in [6.45, 7) is 1.84. The number of hydrogen-bond acceptors (Lipinski definition) is 1. The fraction of sp³-hybridized carbons (Fsp3) is 0.0714. The molecule has 0 fully saturated rings. The van der Waals surface area contributed by atoms with E-state index in [2.05, 4.69) is 25.9 Å². The fourth-order valence-corrected chi connectivity index (χ4v) is 2.71. The lowest BCUT2D eigenvalue weighted by Crippen LogP contribution is -1.93. The van der Waals surface area contributed by atoms with Gasteiger partial charge in [-0.25, -0.2) is 18.2 Å². The molecule has 2 nitrogen and oxygen atoms in total. The molecule has 0 aliphatic carbocycles. The summed E-state index contributed by atoms with van der Waals surface area (Å²) in [5.41, 5.74) is 1.76. The normalized spacial score (nSPS) is 11.2. The topological polar surface area (TPSA) is 28.7 Å². The lowest BCUT2D eigenvalue weighted by molar-refractivity contribution is 0.547. The molecule has 0 saturated heterocycles. The zero-order valence-corrected chi connectivity index (χ0v) is 11.9. The molecule has 1 heterocycles. The van der Waals surface area contributed by atoms with Crippen molar-refractivity contribution in [2.75, 3.05) is 0 Å². The third kappa shape index (κ3) is 2.10. The third-order valence-corrected chi connectivity index (χ3v) is 3.44. The minimum atomic E-state index is -0.988. The zero-order valence-electron chi connectivity index (χ0n) is 10.3. The number of aromatic nitrogens is 2. The molecule has 1 N–H and O–H groups in total. The summed E-state index contributed by atoms with van der Waals surface area (Å²) in [4.78, 5) is 7.05. The lowest BCUT2D eigenvalue weighted by Gasteiger charge is -2.01. The molecular formula is C14H8BrF3N2. The van der Waals surface area contributed by atoms with Crippen LogP contribution in [0, 0.1) is 24.4 Å². The predicted octanol–water partition coefficient (Wildman–Crippen LogP) is 4.72. The SMILES string of the molecule is Cc1cc(Br)cc2[nH]c(-c3c(F)cc(F)cc3F)nc12. The van der Waals surface area contributed by atoms with Crippen LogP contribution in [0.15, 0.2) is 28.7 Å². The fourth-order valence-electron chi connectivity index (χ4n) is 2.13. The van der Waals surface area contributed by atoms with Gasteiger partial charge < -0.3 is 4.98 Å². The smallest absolute Gasteiger partial charge is 0.144 e. The van der Waals surface area contributed by atoms with Crippen molar-refractivity contribution < 1.29 is 13.2 Å². The largest absolute Gasteiger partial charge is 0.338 e. The Balaban J connectivity index is 2.28. The van der Waals surface area contributed by atoms with E-state index in [4.69, 9.17) is 0 Å². The van der Waals surface area contributed by atoms with E-state index in [9.17, 15) is 13.2 Å². The van der Waals surface area contributed by atoms with Crippen molar-refractivity contribution in [3.63, 3.8) is 0 Å². The second-order valence-corrected chi connectivity index (χ2v) is 5.36. The molecule has 102 valence electrons. The number of aromatic amines is 1. The second-order valence-electron chi connectivity index (χ2n) is 4.45. The Labute approximate surface area is 120 Å². The Kier molecular flexibility index (Phi) is 3.05. The van der Waals surface area contributed by atoms with Gasteiger partial charge in [-0.15, -0.1) is 0 Å². The second kappa shape index (κ2) is 4.63. The van der Waals surface area contributed by atoms with Gasteiger partial charge in [0.15, 0.2) is 0 Å². The molecule has 0 spiro atoms. The standard InChI is InChI=1S/C14H8BrF3N2/c1-6-2-7(15)3-11-13(6)20-14(19-11)12-9(17)4-8(16)5-10(12)18/h2-5H,1H3,(H,19,20). The van der Waals surface area contributed by atoms with Crippen molar-refractivity contribution in [2.24, 2.45) is 0 Å². The molecule has 0 aliphatic heterocycles. The molecule has 0 bridgehead atoms. The number of nitrogens with one attached hydrogen (secondary N) is 1. The van der Waals surface area contributed by atoms with E-state index in [0.29, 0.717) is 23.2 Å². The van der Waals surface area contributed by atoms with Gasteiger partial charge in [-0.1, -0.05) is 15.9 Å². The number of rotatable bonds is 1. The van der Waals surface area contributed by atoms with E-state index in [0.717, 1.165) is 10.0 Å². The number of nitrogens with zero attached hydrogens (tertiary/aromatic N) is 1. The van der Waals surface area contributed by atoms with E-state index < -0.39 is 17.5 Å². The molecule has 0 saturated carbocycles. The minimum absolute atomic E-state index is 0.0381. The van der Waals surface area contributed by atoms with E-state index in [1.54, 1.807) is 6.07 Å². The van der Waals surface area contributed by atoms with Crippen LogP contribution < -0.4 is 0 Å². The molecule has 20 heavy (non-hydrogen) atoms. The average molecular weight is 341 g/mol. The van der Waals surface area contributed by atoms with Crippen LogP contribution in [0.4, 0.5) is 13.2 Å². The lowest BCUT2D eigenvalue weighted by atomic mass is 10.2. The first-order valence-electron chi connectivity index (χ1n) is 5.76. The summed E-state index contributed by atoms with van der Waals surface area (Å²) < 4.78 is 41.3. The summed E-state index contributed by atoms with van der Waals surface area (Å²) in [7, 11) is 0. The van der Waals surface area contributed by atoms with Crippen LogP contribution in [0.25, 0.3) is 22.4 Å². The van der Waals surface area contributed by atoms with E-state index in [1.165, 1.54) is 0 Å². The van der Waals surface area contributed by atoms with Crippen LogP contribution in [0.5, 0.6) is 0 Å². The number of fused-ring (bicyclic) bond motifs is 1. The number of hydrogen-bond donors (Lipinski definition) is 1. The molecule has 0 amide bonds. The van der Waals surface area contributed by atoms with Crippen molar-refractivity contribution in [3.05, 3.63) is 51.8 Å². The maximum atomic E-state index is 13.8. The first-order valence-corrected chi connectivity index (χ1v) is 6.56. The van der Waals surface area contributed by atoms with Gasteiger partial charge in [0, 0.05) is 16.6 Å². The summed E-state index contributed by atoms with van der Waals surface area (Å²) in [5, 5.41) is 0. The van der Waals surface area contributed by atoms with Crippen molar-refractivity contribution in [1.82, 2.24) is 9.97 Å². The third-order valence-electron chi connectivity index (χ3n) is 2.99. The molecule has 3 aromatic rings. The monoisotopic (exact) mass is 340 g/mol. The maximum absolute atomic E-state index is 13.8. The molecular weight excluding hydrogens is 333 g/mol. The van der Waals surface area contributed by atoms with Crippen LogP contribution >= 0.6 is 15.9 Å². The highest BCUT2D eigenvalue weighted by Crippen LogP contribution is 2.29. The highest BCUT2D eigenvalue weighted by molar-refractivity contribution is 9.10. The average Bonchev–Trinajstić information content (AvgIpc) is 2.71. The Morgan fingerprint density at radius 3 is 2.35 bits per heavy atom. The molecule has 0 radical (unpaired) electrons. The van der Waals surface area contributed by atoms with E-state index in [1.807, 2.05) is 13.0 Å². The van der Waals surface area contributed by atoms with Crippen LogP contribution in [0.2, 0.25) is 0 Å². The number of imidazole rings is 1. The molecule has 0 aliphatic rings. The number of H-pyrrole nitrogens is 1. The van der Waals surface area contributed by atoms with Crippen LogP contribution in [0.3, 0.4) is 0 Å². The summed E-state index contributed by atoms with van der Waals surface area (Å²) in [5.74, 6) is -2.90. The first kappa shape index (κ1) is 13.2. The van der Waals surface area contributed by atoms with Gasteiger partial charge in [-0.2, -0.15) is 0 Å².